The van der Waals surface area contributed by atoms with Crippen LogP contribution in [0.2, 0.25) is 0 Å². The van der Waals surface area contributed by atoms with E-state index >= 15 is 0 Å². The van der Waals surface area contributed by atoms with Gasteiger partial charge in [0.15, 0.2) is 0 Å². The van der Waals surface area contributed by atoms with Gasteiger partial charge in [0.25, 0.3) is 0 Å². The van der Waals surface area contributed by atoms with E-state index in [1.165, 1.54) is 4.31 Å². The smallest absolute Gasteiger partial charge is 0.243 e. The Hall–Kier alpha value is -2.19. The standard InChI is InChI=1S/C16H20N4O3S/c1-12-5-3-4-6-15(12)24(22,23)19-10-13-7-8-18-20(13)14(11-19)9-16(21)17-2/h3-8,14H,9-11H2,1-2H3,(H,17,21). The number of aromatic nitrogens is 2. The lowest BCUT2D eigenvalue weighted by molar-refractivity contribution is -0.121. The molecule has 3 rings (SSSR count). The van der Waals surface area contributed by atoms with Crippen LogP contribution in [0.15, 0.2) is 41.4 Å². The van der Waals surface area contributed by atoms with E-state index in [4.69, 9.17) is 0 Å². The molecule has 2 heterocycles. The number of nitrogens with zero attached hydrogens (tertiary/aromatic N) is 3. The zero-order chi connectivity index (χ0) is 17.3. The number of carbonyl (C=O) groups is 1. The molecule has 2 aromatic rings. The van der Waals surface area contributed by atoms with Crippen LogP contribution in [0.5, 0.6) is 0 Å². The van der Waals surface area contributed by atoms with Crippen molar-refractivity contribution in [2.45, 2.75) is 30.8 Å². The lowest BCUT2D eigenvalue weighted by Gasteiger charge is -2.33. The van der Waals surface area contributed by atoms with Crippen LogP contribution in [0.25, 0.3) is 0 Å². The van der Waals surface area contributed by atoms with Crippen LogP contribution in [0.4, 0.5) is 0 Å². The first-order chi connectivity index (χ1) is 11.4. The minimum absolute atomic E-state index is 0.142. The summed E-state index contributed by atoms with van der Waals surface area (Å²) < 4.78 is 29.3. The van der Waals surface area contributed by atoms with E-state index in [2.05, 4.69) is 10.4 Å². The van der Waals surface area contributed by atoms with Crippen molar-refractivity contribution >= 4 is 15.9 Å². The van der Waals surface area contributed by atoms with E-state index in [-0.39, 0.29) is 31.5 Å². The number of aryl methyl sites for hydroxylation is 1. The van der Waals surface area contributed by atoms with E-state index in [1.54, 1.807) is 49.1 Å². The van der Waals surface area contributed by atoms with Crippen LogP contribution < -0.4 is 5.32 Å². The summed E-state index contributed by atoms with van der Waals surface area (Å²) in [5, 5.41) is 6.83. The summed E-state index contributed by atoms with van der Waals surface area (Å²) in [4.78, 5) is 12.1. The second-order valence-corrected chi connectivity index (χ2v) is 7.77. The van der Waals surface area contributed by atoms with Crippen LogP contribution in [-0.4, -0.2) is 42.0 Å². The summed E-state index contributed by atoms with van der Waals surface area (Å²) in [6.07, 6.45) is 1.82. The number of rotatable bonds is 4. The Balaban J connectivity index is 1.96. The summed E-state index contributed by atoms with van der Waals surface area (Å²) >= 11 is 0. The Bertz CT molecular complexity index is 860. The summed E-state index contributed by atoms with van der Waals surface area (Å²) in [6, 6.07) is 8.40. The Morgan fingerprint density at radius 2 is 2.08 bits per heavy atom. The Morgan fingerprint density at radius 3 is 2.79 bits per heavy atom. The molecule has 1 aromatic carbocycles. The fourth-order valence-corrected chi connectivity index (χ4v) is 4.66. The van der Waals surface area contributed by atoms with E-state index in [0.717, 1.165) is 5.69 Å². The van der Waals surface area contributed by atoms with Crippen molar-refractivity contribution in [2.75, 3.05) is 13.6 Å². The maximum atomic E-state index is 13.0. The van der Waals surface area contributed by atoms with Crippen LogP contribution in [0.1, 0.15) is 23.7 Å². The van der Waals surface area contributed by atoms with Crippen LogP contribution >= 0.6 is 0 Å². The molecular weight excluding hydrogens is 328 g/mol. The summed E-state index contributed by atoms with van der Waals surface area (Å²) in [5.41, 5.74) is 1.49. The molecule has 7 nitrogen and oxygen atoms in total. The number of fused-ring (bicyclic) bond motifs is 1. The van der Waals surface area contributed by atoms with Crippen LogP contribution in [0.3, 0.4) is 0 Å². The quantitative estimate of drug-likeness (QED) is 0.896. The van der Waals surface area contributed by atoms with Crippen molar-refractivity contribution in [2.24, 2.45) is 0 Å². The first-order valence-electron chi connectivity index (χ1n) is 7.72. The highest BCUT2D eigenvalue weighted by atomic mass is 32.2. The second-order valence-electron chi connectivity index (χ2n) is 5.86. The SMILES string of the molecule is CNC(=O)CC1CN(S(=O)(=O)c2ccccc2C)Cc2ccnn21. The van der Waals surface area contributed by atoms with Gasteiger partial charge >= 0.3 is 0 Å². The predicted molar refractivity (Wildman–Crippen MR) is 88.7 cm³/mol. The molecule has 0 spiro atoms. The van der Waals surface area contributed by atoms with Gasteiger partial charge in [0, 0.05) is 19.8 Å². The first-order valence-corrected chi connectivity index (χ1v) is 9.16. The Morgan fingerprint density at radius 1 is 1.33 bits per heavy atom. The molecule has 0 fully saturated rings. The Kier molecular flexibility index (Phi) is 4.42. The highest BCUT2D eigenvalue weighted by molar-refractivity contribution is 7.89. The number of amides is 1. The highest BCUT2D eigenvalue weighted by Crippen LogP contribution is 2.29. The molecule has 0 radical (unpaired) electrons. The van der Waals surface area contributed by atoms with Gasteiger partial charge in [0.1, 0.15) is 0 Å². The minimum Gasteiger partial charge on any atom is -0.359 e. The molecule has 8 heteroatoms. The number of hydrogen-bond acceptors (Lipinski definition) is 4. The van der Waals surface area contributed by atoms with Gasteiger partial charge in [-0.2, -0.15) is 9.40 Å². The van der Waals surface area contributed by atoms with Gasteiger partial charge in [-0.3, -0.25) is 9.48 Å². The maximum absolute atomic E-state index is 13.0. The van der Waals surface area contributed by atoms with Crippen molar-refractivity contribution in [1.29, 1.82) is 0 Å². The van der Waals surface area contributed by atoms with Gasteiger partial charge in [-0.1, -0.05) is 18.2 Å². The van der Waals surface area contributed by atoms with Crippen molar-refractivity contribution in [3.05, 3.63) is 47.8 Å². The van der Waals surface area contributed by atoms with Gasteiger partial charge in [0.2, 0.25) is 15.9 Å². The first kappa shape index (κ1) is 16.7. The second kappa shape index (κ2) is 6.37. The molecule has 0 saturated carbocycles. The minimum atomic E-state index is -3.63. The third-order valence-electron chi connectivity index (χ3n) is 4.26. The number of carbonyl (C=O) groups excluding carboxylic acids is 1. The molecule has 0 aliphatic carbocycles. The zero-order valence-electron chi connectivity index (χ0n) is 13.6. The fraction of sp³-hybridized carbons (Fsp3) is 0.375. The Labute approximate surface area is 141 Å². The number of hydrogen-bond donors (Lipinski definition) is 1. The van der Waals surface area contributed by atoms with Crippen LogP contribution in [0, 0.1) is 6.92 Å². The van der Waals surface area contributed by atoms with Gasteiger partial charge in [-0.25, -0.2) is 8.42 Å². The monoisotopic (exact) mass is 348 g/mol. The van der Waals surface area contributed by atoms with E-state index in [0.29, 0.717) is 10.5 Å². The predicted octanol–water partition coefficient (Wildman–Crippen LogP) is 1.07. The molecule has 1 aliphatic heterocycles. The zero-order valence-corrected chi connectivity index (χ0v) is 14.5. The maximum Gasteiger partial charge on any atom is 0.243 e. The average molecular weight is 348 g/mol. The lowest BCUT2D eigenvalue weighted by atomic mass is 10.1. The van der Waals surface area contributed by atoms with E-state index in [1.807, 2.05) is 6.07 Å². The van der Waals surface area contributed by atoms with Crippen molar-refractivity contribution in [3.8, 4) is 0 Å². The van der Waals surface area contributed by atoms with Gasteiger partial charge in [-0.05, 0) is 24.6 Å². The molecule has 1 aliphatic rings. The number of sulfonamides is 1. The molecular formula is C16H20N4O3S. The summed E-state index contributed by atoms with van der Waals surface area (Å²) in [5.74, 6) is -0.142. The van der Waals surface area contributed by atoms with E-state index < -0.39 is 10.0 Å². The highest BCUT2D eigenvalue weighted by Gasteiger charge is 2.35. The molecule has 1 unspecified atom stereocenters. The third kappa shape index (κ3) is 2.94. The normalized spacial score (nSPS) is 18.2. The molecule has 0 saturated heterocycles. The number of benzene rings is 1. The number of nitrogens with one attached hydrogen (secondary N) is 1. The molecule has 128 valence electrons. The largest absolute Gasteiger partial charge is 0.359 e. The van der Waals surface area contributed by atoms with E-state index in [9.17, 15) is 13.2 Å². The van der Waals surface area contributed by atoms with Crippen molar-refractivity contribution in [3.63, 3.8) is 0 Å². The molecule has 24 heavy (non-hydrogen) atoms. The van der Waals surface area contributed by atoms with Gasteiger partial charge < -0.3 is 5.32 Å². The summed E-state index contributed by atoms with van der Waals surface area (Å²) in [6.45, 7) is 2.25. The molecule has 1 atom stereocenters. The van der Waals surface area contributed by atoms with Crippen molar-refractivity contribution in [1.82, 2.24) is 19.4 Å². The molecule has 1 N–H and O–H groups in total. The van der Waals surface area contributed by atoms with Gasteiger partial charge in [-0.15, -0.1) is 0 Å². The third-order valence-corrected chi connectivity index (χ3v) is 6.23. The fourth-order valence-electron chi connectivity index (χ4n) is 2.99. The molecule has 0 bridgehead atoms. The van der Waals surface area contributed by atoms with Crippen LogP contribution in [-0.2, 0) is 21.4 Å². The molecule has 1 amide bonds. The molecule has 1 aromatic heterocycles. The summed E-state index contributed by atoms with van der Waals surface area (Å²) in [7, 11) is -2.06. The van der Waals surface area contributed by atoms with Crippen molar-refractivity contribution < 1.29 is 13.2 Å². The topological polar surface area (TPSA) is 84.3 Å². The average Bonchev–Trinajstić information content (AvgIpc) is 3.03. The van der Waals surface area contributed by atoms with Gasteiger partial charge in [0.05, 0.1) is 29.6 Å². The lowest BCUT2D eigenvalue weighted by Crippen LogP contribution is -2.42.